The molecule has 2 heterocycles. The number of hydrogen-bond donors (Lipinski definition) is 3. The Morgan fingerprint density at radius 1 is 1.14 bits per heavy atom. The van der Waals surface area contributed by atoms with Crippen molar-refractivity contribution < 1.29 is 19.5 Å². The third kappa shape index (κ3) is 4.35. The number of aryl methyl sites for hydroxylation is 2. The fraction of sp³-hybridized carbons (Fsp3) is 0.571. The predicted molar refractivity (Wildman–Crippen MR) is 107 cm³/mol. The van der Waals surface area contributed by atoms with Crippen LogP contribution >= 0.6 is 0 Å². The molecule has 1 atom stereocenters. The van der Waals surface area contributed by atoms with E-state index >= 15 is 0 Å². The van der Waals surface area contributed by atoms with E-state index in [4.69, 9.17) is 0 Å². The molecule has 0 spiro atoms. The number of anilines is 2. The van der Waals surface area contributed by atoms with Gasteiger partial charge < -0.3 is 20.6 Å². The number of benzene rings is 1. The lowest BCUT2D eigenvalue weighted by atomic mass is 9.87. The van der Waals surface area contributed by atoms with E-state index in [1.807, 2.05) is 37.8 Å². The van der Waals surface area contributed by atoms with Gasteiger partial charge in [-0.1, -0.05) is 20.8 Å². The van der Waals surface area contributed by atoms with E-state index in [-0.39, 0.29) is 17.9 Å². The Balaban J connectivity index is 1.62. The molecule has 152 valence electrons. The van der Waals surface area contributed by atoms with Gasteiger partial charge in [0.2, 0.25) is 5.91 Å². The highest BCUT2D eigenvalue weighted by Crippen LogP contribution is 2.37. The topological polar surface area (TPSA) is 98.7 Å². The third-order valence-electron chi connectivity index (χ3n) is 5.44. The van der Waals surface area contributed by atoms with Gasteiger partial charge in [0.05, 0.1) is 11.8 Å². The predicted octanol–water partition coefficient (Wildman–Crippen LogP) is 1.76. The maximum Gasteiger partial charge on any atom is 0.313 e. The minimum Gasteiger partial charge on any atom is -0.393 e. The summed E-state index contributed by atoms with van der Waals surface area (Å²) in [4.78, 5) is 38.3. The number of hydrogen-bond acceptors (Lipinski definition) is 4. The van der Waals surface area contributed by atoms with Gasteiger partial charge in [-0.25, -0.2) is 0 Å². The smallest absolute Gasteiger partial charge is 0.313 e. The molecule has 0 aromatic heterocycles. The molecule has 0 aliphatic carbocycles. The highest BCUT2D eigenvalue weighted by molar-refractivity contribution is 6.39. The summed E-state index contributed by atoms with van der Waals surface area (Å²) in [6.07, 6.45) is 2.70. The van der Waals surface area contributed by atoms with Crippen molar-refractivity contribution in [2.45, 2.75) is 59.0 Å². The summed E-state index contributed by atoms with van der Waals surface area (Å²) in [6.45, 7) is 6.74. The zero-order chi connectivity index (χ0) is 20.5. The van der Waals surface area contributed by atoms with Crippen molar-refractivity contribution >= 4 is 29.1 Å². The number of amides is 3. The van der Waals surface area contributed by atoms with Crippen LogP contribution in [0.1, 0.15) is 51.2 Å². The Bertz CT molecular complexity index is 780. The Morgan fingerprint density at radius 3 is 2.50 bits per heavy atom. The molecule has 3 rings (SSSR count). The van der Waals surface area contributed by atoms with E-state index in [0.29, 0.717) is 24.9 Å². The molecule has 0 fully saturated rings. The van der Waals surface area contributed by atoms with Crippen LogP contribution in [0.25, 0.3) is 0 Å². The summed E-state index contributed by atoms with van der Waals surface area (Å²) >= 11 is 0. The van der Waals surface area contributed by atoms with Crippen molar-refractivity contribution in [3.63, 3.8) is 0 Å². The normalized spacial score (nSPS) is 17.0. The van der Waals surface area contributed by atoms with Crippen LogP contribution < -0.4 is 15.5 Å². The second-order valence-corrected chi connectivity index (χ2v) is 8.67. The molecular weight excluding hydrogens is 358 g/mol. The van der Waals surface area contributed by atoms with Crippen molar-refractivity contribution in [3.05, 3.63) is 23.3 Å². The number of rotatable bonds is 4. The van der Waals surface area contributed by atoms with E-state index in [9.17, 15) is 19.5 Å². The third-order valence-corrected chi connectivity index (χ3v) is 5.44. The van der Waals surface area contributed by atoms with Gasteiger partial charge in [-0.05, 0) is 54.4 Å². The van der Waals surface area contributed by atoms with Crippen molar-refractivity contribution in [2.75, 3.05) is 23.3 Å². The summed E-state index contributed by atoms with van der Waals surface area (Å²) in [5.74, 6) is -1.29. The van der Waals surface area contributed by atoms with E-state index in [0.717, 1.165) is 36.2 Å². The molecule has 0 bridgehead atoms. The first-order valence-electron chi connectivity index (χ1n) is 9.90. The first-order valence-corrected chi connectivity index (χ1v) is 9.90. The minimum absolute atomic E-state index is 0.155. The standard InChI is InChI=1S/C21H29N3O4/c1-21(2,3)16(25)8-9-22-19(27)20(28)23-15-11-13-5-4-10-24-17(26)7-6-14(12-15)18(13)24/h11-12,16,25H,4-10H2,1-3H3,(H,22,27)(H,23,28). The van der Waals surface area contributed by atoms with Crippen molar-refractivity contribution in [3.8, 4) is 0 Å². The lowest BCUT2D eigenvalue weighted by Crippen LogP contribution is -2.40. The molecule has 1 unspecified atom stereocenters. The molecule has 1 aromatic rings. The molecule has 28 heavy (non-hydrogen) atoms. The lowest BCUT2D eigenvalue weighted by molar-refractivity contribution is -0.136. The number of aliphatic hydroxyl groups is 1. The first kappa shape index (κ1) is 20.3. The fourth-order valence-electron chi connectivity index (χ4n) is 3.75. The monoisotopic (exact) mass is 387 g/mol. The molecule has 0 saturated heterocycles. The van der Waals surface area contributed by atoms with Gasteiger partial charge >= 0.3 is 11.8 Å². The van der Waals surface area contributed by atoms with Crippen LogP contribution in [0.15, 0.2) is 12.1 Å². The SMILES string of the molecule is CC(C)(C)C(O)CCNC(=O)C(=O)Nc1cc2c3c(c1)CCC(=O)N3CCC2. The van der Waals surface area contributed by atoms with Gasteiger partial charge in [0.1, 0.15) is 0 Å². The summed E-state index contributed by atoms with van der Waals surface area (Å²) < 4.78 is 0. The number of carbonyl (C=O) groups is 3. The lowest BCUT2D eigenvalue weighted by Gasteiger charge is -2.35. The number of aliphatic hydroxyl groups excluding tert-OH is 1. The summed E-state index contributed by atoms with van der Waals surface area (Å²) in [6, 6.07) is 3.72. The van der Waals surface area contributed by atoms with Crippen molar-refractivity contribution in [1.82, 2.24) is 5.32 Å². The van der Waals surface area contributed by atoms with Crippen LogP contribution in [-0.4, -0.2) is 42.0 Å². The van der Waals surface area contributed by atoms with Gasteiger partial charge in [0, 0.05) is 25.2 Å². The largest absolute Gasteiger partial charge is 0.393 e. The highest BCUT2D eigenvalue weighted by Gasteiger charge is 2.30. The van der Waals surface area contributed by atoms with Crippen molar-refractivity contribution in [1.29, 1.82) is 0 Å². The van der Waals surface area contributed by atoms with E-state index < -0.39 is 17.9 Å². The van der Waals surface area contributed by atoms with Gasteiger partial charge in [-0.3, -0.25) is 14.4 Å². The molecular formula is C21H29N3O4. The van der Waals surface area contributed by atoms with Gasteiger partial charge in [-0.15, -0.1) is 0 Å². The van der Waals surface area contributed by atoms with E-state index in [1.54, 1.807) is 0 Å². The Kier molecular flexibility index (Phi) is 5.74. The average molecular weight is 387 g/mol. The zero-order valence-electron chi connectivity index (χ0n) is 16.8. The van der Waals surface area contributed by atoms with Crippen LogP contribution in [-0.2, 0) is 27.2 Å². The number of nitrogens with one attached hydrogen (secondary N) is 2. The Labute approximate surface area is 165 Å². The summed E-state index contributed by atoms with van der Waals surface area (Å²) in [7, 11) is 0. The maximum absolute atomic E-state index is 12.2. The van der Waals surface area contributed by atoms with Crippen LogP contribution in [0, 0.1) is 5.41 Å². The molecule has 0 radical (unpaired) electrons. The minimum atomic E-state index is -0.725. The summed E-state index contributed by atoms with van der Waals surface area (Å²) in [5, 5.41) is 15.2. The van der Waals surface area contributed by atoms with E-state index in [1.165, 1.54) is 0 Å². The highest BCUT2D eigenvalue weighted by atomic mass is 16.3. The van der Waals surface area contributed by atoms with E-state index in [2.05, 4.69) is 10.6 Å². The molecule has 3 amide bonds. The van der Waals surface area contributed by atoms with Gasteiger partial charge in [0.15, 0.2) is 0 Å². The summed E-state index contributed by atoms with van der Waals surface area (Å²) in [5.41, 5.74) is 3.38. The van der Waals surface area contributed by atoms with Gasteiger partial charge in [-0.2, -0.15) is 0 Å². The number of carbonyl (C=O) groups excluding carboxylic acids is 3. The zero-order valence-corrected chi connectivity index (χ0v) is 16.8. The average Bonchev–Trinajstić information content (AvgIpc) is 2.63. The maximum atomic E-state index is 12.2. The van der Waals surface area contributed by atoms with Crippen molar-refractivity contribution in [2.24, 2.45) is 5.41 Å². The molecule has 0 saturated carbocycles. The second-order valence-electron chi connectivity index (χ2n) is 8.67. The van der Waals surface area contributed by atoms with Gasteiger partial charge in [0.25, 0.3) is 0 Å². The number of nitrogens with zero attached hydrogens (tertiary/aromatic N) is 1. The molecule has 2 aliphatic heterocycles. The van der Waals surface area contributed by atoms with Crippen LogP contribution in [0.3, 0.4) is 0 Å². The quantitative estimate of drug-likeness (QED) is 0.686. The Hall–Kier alpha value is -2.41. The molecule has 7 nitrogen and oxygen atoms in total. The van der Waals surface area contributed by atoms with Crippen LogP contribution in [0.2, 0.25) is 0 Å². The Morgan fingerprint density at radius 2 is 1.82 bits per heavy atom. The first-order chi connectivity index (χ1) is 13.2. The molecule has 2 aliphatic rings. The molecule has 3 N–H and O–H groups in total. The fourth-order valence-corrected chi connectivity index (χ4v) is 3.75. The van der Waals surface area contributed by atoms with Crippen LogP contribution in [0.5, 0.6) is 0 Å². The molecule has 7 heteroatoms. The van der Waals surface area contributed by atoms with Crippen LogP contribution in [0.4, 0.5) is 11.4 Å². The molecule has 1 aromatic carbocycles. The second kappa shape index (κ2) is 7.91.